The van der Waals surface area contributed by atoms with Crippen LogP contribution in [0.5, 0.6) is 5.75 Å². The van der Waals surface area contributed by atoms with Crippen molar-refractivity contribution >= 4 is 34.5 Å². The molecule has 2 N–H and O–H groups in total. The number of hydrogen-bond acceptors (Lipinski definition) is 4. The van der Waals surface area contributed by atoms with E-state index in [0.717, 1.165) is 40.6 Å². The monoisotopic (exact) mass is 491 g/mol. The Hall–Kier alpha value is -4.66. The standard InChI is InChI=1S/C27H20F3N3O3/c28-27(29,30)21-10-12-22(13-11-21)32-25(34)26(35)33-31-16-18-8-14-23(15-9-18)36-17-20-6-3-5-19-4-1-2-7-24(19)20/h1-16H,17H2,(H,32,34)(H,33,35)/b31-16+. The number of anilines is 1. The van der Waals surface area contributed by atoms with Gasteiger partial charge in [-0.3, -0.25) is 9.59 Å². The summed E-state index contributed by atoms with van der Waals surface area (Å²) in [4.78, 5) is 23.8. The number of fused-ring (bicyclic) bond motifs is 1. The number of ether oxygens (including phenoxy) is 1. The average molecular weight is 491 g/mol. The third-order valence-electron chi connectivity index (χ3n) is 5.21. The molecule has 4 rings (SSSR count). The van der Waals surface area contributed by atoms with Crippen molar-refractivity contribution in [2.75, 3.05) is 5.32 Å². The summed E-state index contributed by atoms with van der Waals surface area (Å²) >= 11 is 0. The minimum Gasteiger partial charge on any atom is -0.489 e. The molecule has 0 aliphatic heterocycles. The van der Waals surface area contributed by atoms with Crippen LogP contribution in [0.1, 0.15) is 16.7 Å². The van der Waals surface area contributed by atoms with Gasteiger partial charge in [0.2, 0.25) is 0 Å². The lowest BCUT2D eigenvalue weighted by Crippen LogP contribution is -2.32. The summed E-state index contributed by atoms with van der Waals surface area (Å²) in [5, 5.41) is 8.21. The van der Waals surface area contributed by atoms with Crippen molar-refractivity contribution < 1.29 is 27.5 Å². The van der Waals surface area contributed by atoms with Gasteiger partial charge in [0.15, 0.2) is 0 Å². The zero-order valence-corrected chi connectivity index (χ0v) is 18.8. The zero-order valence-electron chi connectivity index (χ0n) is 18.8. The second-order valence-electron chi connectivity index (χ2n) is 7.72. The summed E-state index contributed by atoms with van der Waals surface area (Å²) in [6.07, 6.45) is -3.15. The van der Waals surface area contributed by atoms with Crippen molar-refractivity contribution in [3.05, 3.63) is 108 Å². The highest BCUT2D eigenvalue weighted by molar-refractivity contribution is 6.39. The molecule has 9 heteroatoms. The summed E-state index contributed by atoms with van der Waals surface area (Å²) < 4.78 is 43.7. The number of rotatable bonds is 6. The van der Waals surface area contributed by atoms with E-state index >= 15 is 0 Å². The summed E-state index contributed by atoms with van der Waals surface area (Å²) in [7, 11) is 0. The van der Waals surface area contributed by atoms with Crippen molar-refractivity contribution in [2.45, 2.75) is 12.8 Å². The Kier molecular flexibility index (Phi) is 7.29. The fourth-order valence-corrected chi connectivity index (χ4v) is 3.38. The molecule has 0 saturated carbocycles. The molecule has 0 fully saturated rings. The van der Waals surface area contributed by atoms with E-state index in [1.54, 1.807) is 24.3 Å². The molecule has 0 heterocycles. The van der Waals surface area contributed by atoms with Crippen LogP contribution in [0.3, 0.4) is 0 Å². The second kappa shape index (κ2) is 10.7. The molecule has 0 unspecified atom stereocenters. The average Bonchev–Trinajstić information content (AvgIpc) is 2.88. The lowest BCUT2D eigenvalue weighted by atomic mass is 10.1. The molecule has 36 heavy (non-hydrogen) atoms. The maximum atomic E-state index is 12.6. The minimum atomic E-state index is -4.49. The van der Waals surface area contributed by atoms with Crippen LogP contribution in [-0.4, -0.2) is 18.0 Å². The van der Waals surface area contributed by atoms with Gasteiger partial charge in [-0.25, -0.2) is 5.43 Å². The predicted octanol–water partition coefficient (Wildman–Crippen LogP) is 5.53. The second-order valence-corrected chi connectivity index (χ2v) is 7.72. The van der Waals surface area contributed by atoms with E-state index < -0.39 is 23.6 Å². The first-order chi connectivity index (χ1) is 17.3. The highest BCUT2D eigenvalue weighted by Crippen LogP contribution is 2.29. The fraction of sp³-hybridized carbons (Fsp3) is 0.0741. The van der Waals surface area contributed by atoms with Crippen molar-refractivity contribution in [3.8, 4) is 5.75 Å². The predicted molar refractivity (Wildman–Crippen MR) is 131 cm³/mol. The molecule has 0 atom stereocenters. The van der Waals surface area contributed by atoms with E-state index in [1.807, 2.05) is 42.5 Å². The first-order valence-electron chi connectivity index (χ1n) is 10.8. The molecular formula is C27H20F3N3O3. The molecule has 4 aromatic carbocycles. The Balaban J connectivity index is 1.27. The number of carbonyl (C=O) groups excluding carboxylic acids is 2. The van der Waals surface area contributed by atoms with E-state index in [1.165, 1.54) is 6.21 Å². The lowest BCUT2D eigenvalue weighted by Gasteiger charge is -2.09. The molecule has 182 valence electrons. The van der Waals surface area contributed by atoms with E-state index in [4.69, 9.17) is 4.74 Å². The molecule has 0 bridgehead atoms. The summed E-state index contributed by atoms with van der Waals surface area (Å²) in [5.41, 5.74) is 2.97. The third kappa shape index (κ3) is 6.26. The molecule has 0 radical (unpaired) electrons. The van der Waals surface area contributed by atoms with Crippen LogP contribution in [0.4, 0.5) is 18.9 Å². The Morgan fingerprint density at radius 1 is 0.833 bits per heavy atom. The van der Waals surface area contributed by atoms with E-state index in [0.29, 0.717) is 17.9 Å². The summed E-state index contributed by atoms with van der Waals surface area (Å²) in [6.45, 7) is 0.402. The smallest absolute Gasteiger partial charge is 0.416 e. The van der Waals surface area contributed by atoms with Gasteiger partial charge in [-0.2, -0.15) is 18.3 Å². The number of hydrazone groups is 1. The highest BCUT2D eigenvalue weighted by atomic mass is 19.4. The highest BCUT2D eigenvalue weighted by Gasteiger charge is 2.30. The number of hydrogen-bond donors (Lipinski definition) is 2. The molecular weight excluding hydrogens is 471 g/mol. The summed E-state index contributed by atoms with van der Waals surface area (Å²) in [6, 6.07) is 24.8. The number of nitrogens with zero attached hydrogens (tertiary/aromatic N) is 1. The lowest BCUT2D eigenvalue weighted by molar-refractivity contribution is -0.137. The number of halogens is 3. The van der Waals surface area contributed by atoms with Crippen LogP contribution in [0.2, 0.25) is 0 Å². The number of nitrogens with one attached hydrogen (secondary N) is 2. The van der Waals surface area contributed by atoms with Crippen LogP contribution in [0, 0.1) is 0 Å². The van der Waals surface area contributed by atoms with Gasteiger partial charge in [0.25, 0.3) is 0 Å². The molecule has 2 amide bonds. The van der Waals surface area contributed by atoms with Gasteiger partial charge in [0.1, 0.15) is 12.4 Å². The summed E-state index contributed by atoms with van der Waals surface area (Å²) in [5.74, 6) is -1.48. The van der Waals surface area contributed by atoms with E-state index in [2.05, 4.69) is 15.8 Å². The quantitative estimate of drug-likeness (QED) is 0.212. The Labute approximate surface area is 204 Å². The van der Waals surface area contributed by atoms with Crippen molar-refractivity contribution in [1.29, 1.82) is 0 Å². The maximum absolute atomic E-state index is 12.6. The van der Waals surface area contributed by atoms with Gasteiger partial charge in [-0.1, -0.05) is 42.5 Å². The van der Waals surface area contributed by atoms with Crippen LogP contribution < -0.4 is 15.5 Å². The molecule has 4 aromatic rings. The SMILES string of the molecule is O=C(N/N=C/c1ccc(OCc2cccc3ccccc23)cc1)C(=O)Nc1ccc(C(F)(F)F)cc1. The number of carbonyl (C=O) groups is 2. The molecule has 0 aromatic heterocycles. The van der Waals surface area contributed by atoms with Gasteiger partial charge in [-0.05, 0) is 70.4 Å². The van der Waals surface area contributed by atoms with Gasteiger partial charge in [0, 0.05) is 5.69 Å². The Morgan fingerprint density at radius 2 is 1.53 bits per heavy atom. The topological polar surface area (TPSA) is 79.8 Å². The van der Waals surface area contributed by atoms with Crippen LogP contribution in [-0.2, 0) is 22.4 Å². The molecule has 0 spiro atoms. The first kappa shape index (κ1) is 24.5. The zero-order chi connectivity index (χ0) is 25.5. The third-order valence-corrected chi connectivity index (χ3v) is 5.21. The molecule has 6 nitrogen and oxygen atoms in total. The largest absolute Gasteiger partial charge is 0.489 e. The van der Waals surface area contributed by atoms with Crippen molar-refractivity contribution in [1.82, 2.24) is 5.43 Å². The number of benzene rings is 4. The fourth-order valence-electron chi connectivity index (χ4n) is 3.38. The molecule has 0 aliphatic rings. The number of amides is 2. The van der Waals surface area contributed by atoms with Crippen LogP contribution in [0.25, 0.3) is 10.8 Å². The minimum absolute atomic E-state index is 0.0474. The van der Waals surface area contributed by atoms with E-state index in [-0.39, 0.29) is 5.69 Å². The van der Waals surface area contributed by atoms with Gasteiger partial charge >= 0.3 is 18.0 Å². The van der Waals surface area contributed by atoms with E-state index in [9.17, 15) is 22.8 Å². The van der Waals surface area contributed by atoms with Crippen molar-refractivity contribution in [2.24, 2.45) is 5.10 Å². The molecule has 0 aliphatic carbocycles. The molecule has 0 saturated heterocycles. The van der Waals surface area contributed by atoms with Crippen LogP contribution in [0.15, 0.2) is 96.1 Å². The Bertz CT molecular complexity index is 1390. The maximum Gasteiger partial charge on any atom is 0.416 e. The van der Waals surface area contributed by atoms with Gasteiger partial charge in [-0.15, -0.1) is 0 Å². The van der Waals surface area contributed by atoms with Gasteiger partial charge < -0.3 is 10.1 Å². The normalized spacial score (nSPS) is 11.4. The first-order valence-corrected chi connectivity index (χ1v) is 10.8. The van der Waals surface area contributed by atoms with Gasteiger partial charge in [0.05, 0.1) is 11.8 Å². The van der Waals surface area contributed by atoms with Crippen molar-refractivity contribution in [3.63, 3.8) is 0 Å². The Morgan fingerprint density at radius 3 is 2.25 bits per heavy atom. The van der Waals surface area contributed by atoms with Crippen LogP contribution >= 0.6 is 0 Å². The number of alkyl halides is 3.